The summed E-state index contributed by atoms with van der Waals surface area (Å²) in [5.74, 6) is -1.40. The Labute approximate surface area is 138 Å². The summed E-state index contributed by atoms with van der Waals surface area (Å²) in [6, 6.07) is 5.74. The van der Waals surface area contributed by atoms with Crippen molar-refractivity contribution in [2.75, 3.05) is 13.1 Å². The number of amides is 3. The number of carbonyl (C=O) groups excluding carboxylic acids is 2. The summed E-state index contributed by atoms with van der Waals surface area (Å²) in [7, 11) is 0. The van der Waals surface area contributed by atoms with Gasteiger partial charge >= 0.3 is 12.0 Å². The molecule has 3 N–H and O–H groups in total. The van der Waals surface area contributed by atoms with Gasteiger partial charge in [-0.2, -0.15) is 0 Å². The largest absolute Gasteiger partial charge is 0.480 e. The third-order valence-corrected chi connectivity index (χ3v) is 3.88. The maximum absolute atomic E-state index is 12.0. The van der Waals surface area contributed by atoms with Crippen LogP contribution in [-0.4, -0.2) is 47.0 Å². The van der Waals surface area contributed by atoms with E-state index in [0.717, 1.165) is 5.56 Å². The zero-order chi connectivity index (χ0) is 16.8. The van der Waals surface area contributed by atoms with E-state index in [1.165, 1.54) is 4.90 Å². The molecule has 1 aromatic rings. The van der Waals surface area contributed by atoms with Gasteiger partial charge in [-0.15, -0.1) is 0 Å². The number of likely N-dealkylation sites (tertiary alicyclic amines) is 1. The molecule has 0 unspecified atom stereocenters. The molecule has 1 fully saturated rings. The van der Waals surface area contributed by atoms with Gasteiger partial charge in [0.25, 0.3) is 0 Å². The maximum atomic E-state index is 12.0. The molecule has 1 aliphatic rings. The minimum atomic E-state index is -1.01. The first-order chi connectivity index (χ1) is 11.0. The summed E-state index contributed by atoms with van der Waals surface area (Å²) >= 11 is 5.77. The fourth-order valence-electron chi connectivity index (χ4n) is 2.43. The molecule has 3 amide bonds. The summed E-state index contributed by atoms with van der Waals surface area (Å²) in [6.45, 7) is 0.485. The van der Waals surface area contributed by atoms with E-state index in [1.54, 1.807) is 24.3 Å². The van der Waals surface area contributed by atoms with Gasteiger partial charge in [0.15, 0.2) is 0 Å². The van der Waals surface area contributed by atoms with E-state index in [0.29, 0.717) is 31.0 Å². The molecular weight excluding hydrogens is 322 g/mol. The summed E-state index contributed by atoms with van der Waals surface area (Å²) in [5.41, 5.74) is 0.876. The van der Waals surface area contributed by atoms with Crippen molar-refractivity contribution in [2.45, 2.75) is 25.4 Å². The molecule has 0 aliphatic carbocycles. The zero-order valence-electron chi connectivity index (χ0n) is 12.4. The topological polar surface area (TPSA) is 98.7 Å². The lowest BCUT2D eigenvalue weighted by Crippen LogP contribution is -2.47. The van der Waals surface area contributed by atoms with Crippen LogP contribution in [0.4, 0.5) is 4.79 Å². The minimum absolute atomic E-state index is 0.226. The van der Waals surface area contributed by atoms with Crippen molar-refractivity contribution in [1.29, 1.82) is 0 Å². The standard InChI is InChI=1S/C15H18ClN3O4/c16-11-5-3-10(4-6-11)8-17-15(23)18-9-13(20)19-7-1-2-12(19)14(21)22/h3-6,12H,1-2,7-9H2,(H,21,22)(H2,17,18,23)/t12-/m1/s1. The molecule has 1 heterocycles. The molecule has 2 rings (SSSR count). The van der Waals surface area contributed by atoms with E-state index in [-0.39, 0.29) is 6.54 Å². The fraction of sp³-hybridized carbons (Fsp3) is 0.400. The van der Waals surface area contributed by atoms with E-state index in [4.69, 9.17) is 16.7 Å². The molecule has 124 valence electrons. The average Bonchev–Trinajstić information content (AvgIpc) is 3.02. The number of carbonyl (C=O) groups is 3. The van der Waals surface area contributed by atoms with Crippen molar-refractivity contribution in [3.63, 3.8) is 0 Å². The van der Waals surface area contributed by atoms with E-state index < -0.39 is 23.9 Å². The van der Waals surface area contributed by atoms with Gasteiger partial charge in [0, 0.05) is 18.1 Å². The molecule has 0 saturated carbocycles. The molecule has 1 aromatic carbocycles. The average molecular weight is 340 g/mol. The van der Waals surface area contributed by atoms with E-state index in [1.807, 2.05) is 0 Å². The van der Waals surface area contributed by atoms with E-state index >= 15 is 0 Å². The molecular formula is C15H18ClN3O4. The maximum Gasteiger partial charge on any atom is 0.326 e. The van der Waals surface area contributed by atoms with Gasteiger partial charge in [0.2, 0.25) is 5.91 Å². The summed E-state index contributed by atoms with van der Waals surface area (Å²) < 4.78 is 0. The third-order valence-electron chi connectivity index (χ3n) is 3.62. The van der Waals surface area contributed by atoms with Crippen LogP contribution in [0.1, 0.15) is 18.4 Å². The van der Waals surface area contributed by atoms with Crippen LogP contribution in [0.25, 0.3) is 0 Å². The number of halogens is 1. The molecule has 1 aliphatic heterocycles. The molecule has 1 atom stereocenters. The molecule has 0 bridgehead atoms. The number of rotatable bonds is 5. The van der Waals surface area contributed by atoms with Gasteiger partial charge in [0.1, 0.15) is 6.04 Å². The van der Waals surface area contributed by atoms with Gasteiger partial charge in [-0.25, -0.2) is 9.59 Å². The van der Waals surface area contributed by atoms with Crippen molar-refractivity contribution in [1.82, 2.24) is 15.5 Å². The Balaban J connectivity index is 1.74. The van der Waals surface area contributed by atoms with Gasteiger partial charge in [-0.1, -0.05) is 23.7 Å². The van der Waals surface area contributed by atoms with Crippen LogP contribution in [0.5, 0.6) is 0 Å². The molecule has 7 nitrogen and oxygen atoms in total. The van der Waals surface area contributed by atoms with Crippen LogP contribution in [0.15, 0.2) is 24.3 Å². The van der Waals surface area contributed by atoms with E-state index in [9.17, 15) is 14.4 Å². The Morgan fingerprint density at radius 2 is 1.91 bits per heavy atom. The first-order valence-corrected chi connectivity index (χ1v) is 7.63. The van der Waals surface area contributed by atoms with Crippen LogP contribution in [0.2, 0.25) is 5.02 Å². The predicted molar refractivity (Wildman–Crippen MR) is 84.1 cm³/mol. The highest BCUT2D eigenvalue weighted by Gasteiger charge is 2.33. The molecule has 8 heteroatoms. The molecule has 1 saturated heterocycles. The predicted octanol–water partition coefficient (Wildman–Crippen LogP) is 1.21. The number of nitrogens with zero attached hydrogens (tertiary/aromatic N) is 1. The smallest absolute Gasteiger partial charge is 0.326 e. The summed E-state index contributed by atoms with van der Waals surface area (Å²) in [4.78, 5) is 36.0. The Morgan fingerprint density at radius 1 is 1.22 bits per heavy atom. The van der Waals surface area contributed by atoms with Gasteiger partial charge < -0.3 is 20.6 Å². The van der Waals surface area contributed by atoms with E-state index in [2.05, 4.69) is 10.6 Å². The Hall–Kier alpha value is -2.28. The lowest BCUT2D eigenvalue weighted by Gasteiger charge is -2.21. The van der Waals surface area contributed by atoms with Gasteiger partial charge in [-0.05, 0) is 30.5 Å². The van der Waals surface area contributed by atoms with Crippen molar-refractivity contribution in [3.8, 4) is 0 Å². The SMILES string of the molecule is O=C(NCC(=O)N1CCC[C@@H]1C(=O)O)NCc1ccc(Cl)cc1. The van der Waals surface area contributed by atoms with Crippen LogP contribution >= 0.6 is 11.6 Å². The molecule has 0 radical (unpaired) electrons. The molecule has 0 spiro atoms. The van der Waals surface area contributed by atoms with Crippen LogP contribution < -0.4 is 10.6 Å². The number of urea groups is 1. The lowest BCUT2D eigenvalue weighted by atomic mass is 10.2. The second kappa shape index (κ2) is 7.82. The number of benzene rings is 1. The quantitative estimate of drug-likeness (QED) is 0.751. The number of carboxylic acids is 1. The highest BCUT2D eigenvalue weighted by molar-refractivity contribution is 6.30. The highest BCUT2D eigenvalue weighted by atomic mass is 35.5. The Kier molecular flexibility index (Phi) is 5.81. The first kappa shape index (κ1) is 17.1. The third kappa shape index (κ3) is 4.85. The van der Waals surface area contributed by atoms with Crippen LogP contribution in [0.3, 0.4) is 0 Å². The van der Waals surface area contributed by atoms with Crippen molar-refractivity contribution in [2.24, 2.45) is 0 Å². The fourth-order valence-corrected chi connectivity index (χ4v) is 2.55. The number of hydrogen-bond acceptors (Lipinski definition) is 3. The second-order valence-corrected chi connectivity index (χ2v) is 5.68. The monoisotopic (exact) mass is 339 g/mol. The Bertz CT molecular complexity index is 591. The Morgan fingerprint density at radius 3 is 2.57 bits per heavy atom. The lowest BCUT2D eigenvalue weighted by molar-refractivity contribution is -0.147. The molecule has 23 heavy (non-hydrogen) atoms. The summed E-state index contributed by atoms with van der Waals surface area (Å²) in [5, 5.41) is 14.7. The van der Waals surface area contributed by atoms with Crippen molar-refractivity contribution < 1.29 is 19.5 Å². The minimum Gasteiger partial charge on any atom is -0.480 e. The summed E-state index contributed by atoms with van der Waals surface area (Å²) in [6.07, 6.45) is 1.11. The van der Waals surface area contributed by atoms with Gasteiger partial charge in [-0.3, -0.25) is 4.79 Å². The number of hydrogen-bond donors (Lipinski definition) is 3. The second-order valence-electron chi connectivity index (χ2n) is 5.25. The number of carboxylic acid groups (broad SMARTS) is 1. The van der Waals surface area contributed by atoms with Crippen LogP contribution in [-0.2, 0) is 16.1 Å². The van der Waals surface area contributed by atoms with Crippen molar-refractivity contribution >= 4 is 29.5 Å². The normalized spacial score (nSPS) is 16.9. The first-order valence-electron chi connectivity index (χ1n) is 7.26. The van der Waals surface area contributed by atoms with Crippen molar-refractivity contribution in [3.05, 3.63) is 34.9 Å². The highest BCUT2D eigenvalue weighted by Crippen LogP contribution is 2.17. The van der Waals surface area contributed by atoms with Gasteiger partial charge in [0.05, 0.1) is 6.54 Å². The van der Waals surface area contributed by atoms with Crippen LogP contribution in [0, 0.1) is 0 Å². The number of aliphatic carboxylic acids is 1. The number of nitrogens with one attached hydrogen (secondary N) is 2. The molecule has 0 aromatic heterocycles. The zero-order valence-corrected chi connectivity index (χ0v) is 13.2.